The third-order valence-electron chi connectivity index (χ3n) is 4.62. The van der Waals surface area contributed by atoms with Gasteiger partial charge in [0.1, 0.15) is 10.7 Å². The second-order valence-corrected chi connectivity index (χ2v) is 8.41. The number of amides is 1. The Bertz CT molecular complexity index is 1110. The van der Waals surface area contributed by atoms with Crippen LogP contribution in [0.1, 0.15) is 42.6 Å². The summed E-state index contributed by atoms with van der Waals surface area (Å²) in [5, 5.41) is 2.38. The topological polar surface area (TPSA) is 78.8 Å². The maximum atomic E-state index is 12.9. The van der Waals surface area contributed by atoms with Gasteiger partial charge in [-0.2, -0.15) is 21.6 Å². The average Bonchev–Trinajstić information content (AvgIpc) is 2.66. The predicted octanol–water partition coefficient (Wildman–Crippen LogP) is 4.68. The number of carbonyl (C=O) groups is 1. The fourth-order valence-electron chi connectivity index (χ4n) is 3.11. The first-order valence-corrected chi connectivity index (χ1v) is 10.7. The molecule has 0 spiro atoms. The summed E-state index contributed by atoms with van der Waals surface area (Å²) in [5.74, 6) is -0.379. The highest BCUT2D eigenvalue weighted by Crippen LogP contribution is 2.33. The third-order valence-corrected chi connectivity index (χ3v) is 6.00. The van der Waals surface area contributed by atoms with E-state index < -0.39 is 27.7 Å². The molecule has 2 aromatic rings. The molecule has 10 heteroatoms. The first-order chi connectivity index (χ1) is 14.0. The molecule has 0 bridgehead atoms. The van der Waals surface area contributed by atoms with Crippen LogP contribution in [0.4, 0.5) is 24.5 Å². The fraction of sp³-hybridized carbons (Fsp3) is 0.300. The zero-order valence-corrected chi connectivity index (χ0v) is 17.1. The molecule has 0 fully saturated rings. The van der Waals surface area contributed by atoms with Gasteiger partial charge >= 0.3 is 6.18 Å². The van der Waals surface area contributed by atoms with Crippen LogP contribution in [0.3, 0.4) is 0 Å². The van der Waals surface area contributed by atoms with E-state index in [4.69, 9.17) is 0 Å². The quantitative estimate of drug-likeness (QED) is 0.734. The van der Waals surface area contributed by atoms with Crippen molar-refractivity contribution in [3.8, 4) is 0 Å². The minimum absolute atomic E-state index is 0.0000636. The van der Waals surface area contributed by atoms with Crippen molar-refractivity contribution in [2.75, 3.05) is 16.8 Å². The Balaban J connectivity index is 1.92. The van der Waals surface area contributed by atoms with Crippen LogP contribution in [0, 0.1) is 0 Å². The Kier molecular flexibility index (Phi) is 5.89. The molecule has 1 aliphatic heterocycles. The Morgan fingerprint density at radius 2 is 1.90 bits per heavy atom. The number of unbranched alkanes of at least 4 members (excludes halogenated alkanes) is 1. The smallest absolute Gasteiger partial charge is 0.328 e. The molecule has 30 heavy (non-hydrogen) atoms. The summed E-state index contributed by atoms with van der Waals surface area (Å²) in [6, 6.07) is 8.36. The number of alkyl halides is 3. The van der Waals surface area contributed by atoms with E-state index in [1.807, 2.05) is 6.92 Å². The lowest BCUT2D eigenvalue weighted by Gasteiger charge is -2.29. The number of rotatable bonds is 5. The molecule has 1 heterocycles. The van der Waals surface area contributed by atoms with Crippen molar-refractivity contribution in [1.29, 1.82) is 0 Å². The standard InChI is InChI=1S/C20H20F3N3O3S/c1-3-4-10-26-13(2)25-30(28,29)18-11-14(8-9-17(18)26)19(27)24-16-7-5-6-15(12-16)20(21,22)23/h5-9,11-12H,3-4,10H2,1-2H3,(H,24,27). The van der Waals surface area contributed by atoms with Crippen LogP contribution in [0.15, 0.2) is 51.8 Å². The van der Waals surface area contributed by atoms with Gasteiger partial charge in [0, 0.05) is 17.8 Å². The molecular formula is C20H20F3N3O3S. The van der Waals surface area contributed by atoms with Gasteiger partial charge in [0.25, 0.3) is 15.9 Å². The number of nitrogens with zero attached hydrogens (tertiary/aromatic N) is 2. The summed E-state index contributed by atoms with van der Waals surface area (Å²) in [4.78, 5) is 14.2. The van der Waals surface area contributed by atoms with Crippen LogP contribution in [0.25, 0.3) is 0 Å². The fourth-order valence-corrected chi connectivity index (χ4v) is 4.37. The summed E-state index contributed by atoms with van der Waals surface area (Å²) in [6.07, 6.45) is -2.81. The number of anilines is 2. The number of hydrogen-bond acceptors (Lipinski definition) is 4. The van der Waals surface area contributed by atoms with Crippen LogP contribution >= 0.6 is 0 Å². The van der Waals surface area contributed by atoms with Crippen LogP contribution in [-0.4, -0.2) is 26.7 Å². The molecule has 6 nitrogen and oxygen atoms in total. The molecule has 0 aliphatic carbocycles. The number of carbonyl (C=O) groups excluding carboxylic acids is 1. The van der Waals surface area contributed by atoms with Crippen molar-refractivity contribution in [2.45, 2.75) is 37.8 Å². The van der Waals surface area contributed by atoms with Gasteiger partial charge < -0.3 is 10.2 Å². The Morgan fingerprint density at radius 3 is 2.57 bits per heavy atom. The average molecular weight is 439 g/mol. The van der Waals surface area contributed by atoms with Crippen LogP contribution in [0.2, 0.25) is 0 Å². The first-order valence-electron chi connectivity index (χ1n) is 9.24. The molecule has 0 unspecified atom stereocenters. The van der Waals surface area contributed by atoms with Crippen molar-refractivity contribution in [3.05, 3.63) is 53.6 Å². The summed E-state index contributed by atoms with van der Waals surface area (Å²) < 4.78 is 67.4. The van der Waals surface area contributed by atoms with E-state index in [9.17, 15) is 26.4 Å². The Morgan fingerprint density at radius 1 is 1.17 bits per heavy atom. The zero-order chi connectivity index (χ0) is 22.1. The molecule has 0 atom stereocenters. The molecule has 0 aromatic heterocycles. The summed E-state index contributed by atoms with van der Waals surface area (Å²) >= 11 is 0. The SMILES string of the molecule is CCCCN1C(C)=NS(=O)(=O)c2cc(C(=O)Nc3cccc(C(F)(F)F)c3)ccc21. The van der Waals surface area contributed by atoms with Crippen LogP contribution in [0.5, 0.6) is 0 Å². The largest absolute Gasteiger partial charge is 0.416 e. The summed E-state index contributed by atoms with van der Waals surface area (Å²) in [6.45, 7) is 4.18. The van der Waals surface area contributed by atoms with E-state index in [-0.39, 0.29) is 16.1 Å². The monoisotopic (exact) mass is 439 g/mol. The highest BCUT2D eigenvalue weighted by molar-refractivity contribution is 7.90. The molecule has 160 valence electrons. The normalized spacial score (nSPS) is 15.4. The van der Waals surface area contributed by atoms with Crippen molar-refractivity contribution < 1.29 is 26.4 Å². The van der Waals surface area contributed by atoms with Gasteiger partial charge in [-0.05, 0) is 49.7 Å². The van der Waals surface area contributed by atoms with E-state index in [1.165, 1.54) is 30.3 Å². The minimum Gasteiger partial charge on any atom is -0.328 e. The van der Waals surface area contributed by atoms with E-state index in [1.54, 1.807) is 11.8 Å². The molecule has 0 saturated carbocycles. The third kappa shape index (κ3) is 4.48. The molecule has 0 radical (unpaired) electrons. The lowest BCUT2D eigenvalue weighted by atomic mass is 10.1. The van der Waals surface area contributed by atoms with Gasteiger partial charge in [-0.15, -0.1) is 4.40 Å². The number of amidine groups is 1. The van der Waals surface area contributed by atoms with Crippen LogP contribution < -0.4 is 10.2 Å². The Labute approximate surface area is 172 Å². The molecule has 3 rings (SSSR count). The van der Waals surface area contributed by atoms with E-state index in [0.717, 1.165) is 25.0 Å². The zero-order valence-electron chi connectivity index (χ0n) is 16.3. The van der Waals surface area contributed by atoms with Gasteiger partial charge in [-0.3, -0.25) is 4.79 Å². The maximum Gasteiger partial charge on any atom is 0.416 e. The van der Waals surface area contributed by atoms with Gasteiger partial charge in [-0.25, -0.2) is 0 Å². The van der Waals surface area contributed by atoms with E-state index in [2.05, 4.69) is 9.71 Å². The molecule has 1 aliphatic rings. The number of benzene rings is 2. The summed E-state index contributed by atoms with van der Waals surface area (Å²) in [5.41, 5.74) is -0.523. The molecule has 0 saturated heterocycles. The van der Waals surface area contributed by atoms with E-state index in [0.29, 0.717) is 18.1 Å². The highest BCUT2D eigenvalue weighted by atomic mass is 32.2. The van der Waals surface area contributed by atoms with Crippen molar-refractivity contribution >= 4 is 33.1 Å². The number of hydrogen-bond donors (Lipinski definition) is 1. The van der Waals surface area contributed by atoms with E-state index >= 15 is 0 Å². The highest BCUT2D eigenvalue weighted by Gasteiger charge is 2.31. The molecule has 1 amide bonds. The second kappa shape index (κ2) is 8.10. The first kappa shape index (κ1) is 21.8. The number of sulfonamides is 1. The number of fused-ring (bicyclic) bond motifs is 1. The lowest BCUT2D eigenvalue weighted by Crippen LogP contribution is -2.34. The number of halogens is 3. The lowest BCUT2D eigenvalue weighted by molar-refractivity contribution is -0.137. The number of nitrogens with one attached hydrogen (secondary N) is 1. The maximum absolute atomic E-state index is 12.9. The minimum atomic E-state index is -4.54. The molecule has 2 aromatic carbocycles. The second-order valence-electron chi connectivity index (χ2n) is 6.83. The Hall–Kier alpha value is -2.88. The van der Waals surface area contributed by atoms with Crippen molar-refractivity contribution in [2.24, 2.45) is 4.40 Å². The predicted molar refractivity (Wildman–Crippen MR) is 108 cm³/mol. The molecule has 1 N–H and O–H groups in total. The van der Waals surface area contributed by atoms with Gasteiger partial charge in [0.2, 0.25) is 0 Å². The van der Waals surface area contributed by atoms with Crippen molar-refractivity contribution in [1.82, 2.24) is 0 Å². The van der Waals surface area contributed by atoms with Gasteiger partial charge in [0.05, 0.1) is 11.3 Å². The summed E-state index contributed by atoms with van der Waals surface area (Å²) in [7, 11) is -3.99. The van der Waals surface area contributed by atoms with Gasteiger partial charge in [-0.1, -0.05) is 19.4 Å². The van der Waals surface area contributed by atoms with Crippen LogP contribution in [-0.2, 0) is 16.2 Å². The molecular weight excluding hydrogens is 419 g/mol. The van der Waals surface area contributed by atoms with Gasteiger partial charge in [0.15, 0.2) is 0 Å². The van der Waals surface area contributed by atoms with Crippen molar-refractivity contribution in [3.63, 3.8) is 0 Å².